The number of halogens is 1. The maximum atomic E-state index is 12.4. The SMILES string of the molecule is CN(C(=O)NCCN1CCOCC1)[C@@H]1CS(=O)(=O)c2ccc(Cl)cc21. The van der Waals surface area contributed by atoms with Crippen molar-refractivity contribution in [2.24, 2.45) is 0 Å². The van der Waals surface area contributed by atoms with Gasteiger partial charge in [0.05, 0.1) is 29.9 Å². The van der Waals surface area contributed by atoms with Gasteiger partial charge in [0, 0.05) is 38.2 Å². The van der Waals surface area contributed by atoms with Crippen LogP contribution in [0.3, 0.4) is 0 Å². The Balaban J connectivity index is 1.62. The summed E-state index contributed by atoms with van der Waals surface area (Å²) in [6.45, 7) is 4.40. The number of nitrogens with one attached hydrogen (secondary N) is 1. The van der Waals surface area contributed by atoms with E-state index in [2.05, 4.69) is 10.2 Å². The number of urea groups is 1. The largest absolute Gasteiger partial charge is 0.379 e. The quantitative estimate of drug-likeness (QED) is 0.838. The van der Waals surface area contributed by atoms with Gasteiger partial charge in [0.2, 0.25) is 0 Å². The summed E-state index contributed by atoms with van der Waals surface area (Å²) >= 11 is 6.01. The van der Waals surface area contributed by atoms with Gasteiger partial charge in [0.15, 0.2) is 9.84 Å². The molecule has 0 aromatic heterocycles. The predicted octanol–water partition coefficient (Wildman–Crippen LogP) is 1.14. The molecule has 3 rings (SSSR count). The molecule has 0 radical (unpaired) electrons. The number of rotatable bonds is 4. The molecule has 1 aromatic carbocycles. The molecule has 0 bridgehead atoms. The van der Waals surface area contributed by atoms with Crippen LogP contribution in [-0.2, 0) is 14.6 Å². The van der Waals surface area contributed by atoms with Gasteiger partial charge in [-0.25, -0.2) is 13.2 Å². The van der Waals surface area contributed by atoms with E-state index < -0.39 is 15.9 Å². The first kappa shape index (κ1) is 18.4. The normalized spacial score (nSPS) is 22.4. The summed E-state index contributed by atoms with van der Waals surface area (Å²) in [7, 11) is -1.78. The van der Waals surface area contributed by atoms with E-state index >= 15 is 0 Å². The molecule has 1 N–H and O–H groups in total. The second kappa shape index (κ2) is 7.49. The topological polar surface area (TPSA) is 79.0 Å². The molecule has 1 atom stereocenters. The molecular formula is C16H22ClN3O4S. The maximum Gasteiger partial charge on any atom is 0.317 e. The van der Waals surface area contributed by atoms with Crippen LogP contribution < -0.4 is 5.32 Å². The highest BCUT2D eigenvalue weighted by Crippen LogP contribution is 2.37. The Bertz CT molecular complexity index is 750. The average molecular weight is 388 g/mol. The smallest absolute Gasteiger partial charge is 0.317 e. The monoisotopic (exact) mass is 387 g/mol. The van der Waals surface area contributed by atoms with Gasteiger partial charge in [-0.1, -0.05) is 11.6 Å². The van der Waals surface area contributed by atoms with E-state index in [9.17, 15) is 13.2 Å². The summed E-state index contributed by atoms with van der Waals surface area (Å²) < 4.78 is 29.9. The van der Waals surface area contributed by atoms with Crippen LogP contribution >= 0.6 is 11.6 Å². The third kappa shape index (κ3) is 4.08. The van der Waals surface area contributed by atoms with Crippen molar-refractivity contribution in [2.45, 2.75) is 10.9 Å². The Morgan fingerprint density at radius 2 is 2.12 bits per heavy atom. The molecule has 2 aliphatic heterocycles. The lowest BCUT2D eigenvalue weighted by molar-refractivity contribution is 0.0386. The summed E-state index contributed by atoms with van der Waals surface area (Å²) in [5, 5.41) is 3.32. The maximum absolute atomic E-state index is 12.4. The second-order valence-electron chi connectivity index (χ2n) is 6.28. The Morgan fingerprint density at radius 1 is 1.40 bits per heavy atom. The molecule has 0 aliphatic carbocycles. The van der Waals surface area contributed by atoms with Crippen molar-refractivity contribution in [3.8, 4) is 0 Å². The Labute approximate surface area is 152 Å². The lowest BCUT2D eigenvalue weighted by Crippen LogP contribution is -2.45. The summed E-state index contributed by atoms with van der Waals surface area (Å²) in [4.78, 5) is 16.3. The van der Waals surface area contributed by atoms with Crippen molar-refractivity contribution in [3.63, 3.8) is 0 Å². The first-order valence-electron chi connectivity index (χ1n) is 8.21. The zero-order valence-electron chi connectivity index (χ0n) is 14.1. The van der Waals surface area contributed by atoms with Gasteiger partial charge in [0.1, 0.15) is 0 Å². The van der Waals surface area contributed by atoms with Crippen molar-refractivity contribution in [1.29, 1.82) is 0 Å². The van der Waals surface area contributed by atoms with Crippen molar-refractivity contribution < 1.29 is 17.9 Å². The Kier molecular flexibility index (Phi) is 5.52. The summed E-state index contributed by atoms with van der Waals surface area (Å²) in [6, 6.07) is 3.88. The zero-order valence-corrected chi connectivity index (χ0v) is 15.6. The fourth-order valence-electron chi connectivity index (χ4n) is 3.18. The summed E-state index contributed by atoms with van der Waals surface area (Å²) in [6.07, 6.45) is 0. The highest BCUT2D eigenvalue weighted by atomic mass is 35.5. The van der Waals surface area contributed by atoms with Crippen molar-refractivity contribution in [1.82, 2.24) is 15.1 Å². The molecule has 9 heteroatoms. The molecule has 25 heavy (non-hydrogen) atoms. The van der Waals surface area contributed by atoms with Gasteiger partial charge in [0.25, 0.3) is 0 Å². The first-order chi connectivity index (χ1) is 11.9. The number of carbonyl (C=O) groups excluding carboxylic acids is 1. The van der Waals surface area contributed by atoms with Crippen LogP contribution in [0.25, 0.3) is 0 Å². The Hall–Kier alpha value is -1.35. The van der Waals surface area contributed by atoms with E-state index in [0.717, 1.165) is 19.6 Å². The number of hydrogen-bond donors (Lipinski definition) is 1. The highest BCUT2D eigenvalue weighted by Gasteiger charge is 2.38. The molecule has 0 spiro atoms. The van der Waals surface area contributed by atoms with E-state index in [1.807, 2.05) is 0 Å². The van der Waals surface area contributed by atoms with Crippen LogP contribution in [0.4, 0.5) is 4.79 Å². The van der Waals surface area contributed by atoms with E-state index in [-0.39, 0.29) is 16.7 Å². The van der Waals surface area contributed by atoms with E-state index in [4.69, 9.17) is 16.3 Å². The molecule has 0 saturated carbocycles. The lowest BCUT2D eigenvalue weighted by Gasteiger charge is -2.28. The van der Waals surface area contributed by atoms with E-state index in [0.29, 0.717) is 30.3 Å². The predicted molar refractivity (Wildman–Crippen MR) is 94.7 cm³/mol. The molecule has 2 aliphatic rings. The number of amides is 2. The minimum absolute atomic E-state index is 0.115. The molecule has 1 saturated heterocycles. The third-order valence-corrected chi connectivity index (χ3v) is 6.67. The molecule has 1 fully saturated rings. The summed E-state index contributed by atoms with van der Waals surface area (Å²) in [5.41, 5.74) is 0.582. The highest BCUT2D eigenvalue weighted by molar-refractivity contribution is 7.91. The van der Waals surface area contributed by atoms with Crippen LogP contribution in [0.1, 0.15) is 11.6 Å². The molecular weight excluding hydrogens is 366 g/mol. The van der Waals surface area contributed by atoms with Crippen LogP contribution in [0, 0.1) is 0 Å². The molecule has 7 nitrogen and oxygen atoms in total. The van der Waals surface area contributed by atoms with Gasteiger partial charge >= 0.3 is 6.03 Å². The molecule has 2 amide bonds. The van der Waals surface area contributed by atoms with Crippen molar-refractivity contribution in [3.05, 3.63) is 28.8 Å². The number of carbonyl (C=O) groups is 1. The summed E-state index contributed by atoms with van der Waals surface area (Å²) in [5.74, 6) is -0.115. The fourth-order valence-corrected chi connectivity index (χ4v) is 5.19. The number of fused-ring (bicyclic) bond motifs is 1. The van der Waals surface area contributed by atoms with Gasteiger partial charge in [-0.05, 0) is 23.8 Å². The number of nitrogens with zero attached hydrogens (tertiary/aromatic N) is 2. The van der Waals surface area contributed by atoms with Crippen molar-refractivity contribution >= 4 is 27.5 Å². The van der Waals surface area contributed by atoms with Gasteiger partial charge in [-0.15, -0.1) is 0 Å². The average Bonchev–Trinajstić information content (AvgIpc) is 2.85. The van der Waals surface area contributed by atoms with E-state index in [1.165, 1.54) is 11.0 Å². The number of hydrogen-bond acceptors (Lipinski definition) is 5. The molecule has 138 valence electrons. The van der Waals surface area contributed by atoms with E-state index in [1.54, 1.807) is 19.2 Å². The molecule has 2 heterocycles. The molecule has 1 aromatic rings. The third-order valence-electron chi connectivity index (χ3n) is 4.64. The number of sulfone groups is 1. The van der Waals surface area contributed by atoms with Gasteiger partial charge < -0.3 is 15.0 Å². The van der Waals surface area contributed by atoms with Gasteiger partial charge in [-0.2, -0.15) is 0 Å². The fraction of sp³-hybridized carbons (Fsp3) is 0.562. The first-order valence-corrected chi connectivity index (χ1v) is 10.2. The number of benzene rings is 1. The van der Waals surface area contributed by atoms with Gasteiger partial charge in [-0.3, -0.25) is 4.90 Å². The zero-order chi connectivity index (χ0) is 18.0. The second-order valence-corrected chi connectivity index (χ2v) is 8.72. The number of morpholine rings is 1. The minimum Gasteiger partial charge on any atom is -0.379 e. The standard InChI is InChI=1S/C16H22ClN3O4S/c1-19(16(21)18-4-5-20-6-8-24-9-7-20)14-11-25(22,23)15-3-2-12(17)10-13(14)15/h2-3,10,14H,4-9,11H2,1H3,(H,18,21)/t14-/m1/s1. The van der Waals surface area contributed by atoms with Crippen LogP contribution in [-0.4, -0.2) is 76.4 Å². The lowest BCUT2D eigenvalue weighted by atomic mass is 10.1. The minimum atomic E-state index is -3.39. The number of ether oxygens (including phenoxy) is 1. The van der Waals surface area contributed by atoms with Crippen LogP contribution in [0.5, 0.6) is 0 Å². The molecule has 0 unspecified atom stereocenters. The van der Waals surface area contributed by atoms with Crippen LogP contribution in [0.2, 0.25) is 5.02 Å². The van der Waals surface area contributed by atoms with Crippen LogP contribution in [0.15, 0.2) is 23.1 Å². The van der Waals surface area contributed by atoms with Crippen molar-refractivity contribution in [2.75, 3.05) is 52.2 Å². The Morgan fingerprint density at radius 3 is 2.84 bits per heavy atom.